The molecule has 1 aromatic heterocycles. The molecule has 1 atom stereocenters. The van der Waals surface area contributed by atoms with Crippen LogP contribution in [0.5, 0.6) is 0 Å². The van der Waals surface area contributed by atoms with E-state index in [0.717, 1.165) is 28.1 Å². The van der Waals surface area contributed by atoms with Gasteiger partial charge in [0.15, 0.2) is 0 Å². The normalized spacial score (nSPS) is 17.9. The van der Waals surface area contributed by atoms with Crippen LogP contribution in [0.2, 0.25) is 0 Å². The molecule has 1 heterocycles. The highest BCUT2D eigenvalue weighted by Gasteiger charge is 2.30. The molecule has 0 N–H and O–H groups in total. The first-order valence-corrected chi connectivity index (χ1v) is 9.53. The molecule has 0 saturated heterocycles. The molecule has 0 spiro atoms. The van der Waals surface area contributed by atoms with Crippen molar-refractivity contribution in [1.29, 1.82) is 0 Å². The van der Waals surface area contributed by atoms with Crippen LogP contribution in [-0.2, 0) is 6.18 Å². The third-order valence-corrected chi connectivity index (χ3v) is 6.84. The molecule has 1 unspecified atom stereocenters. The van der Waals surface area contributed by atoms with Crippen LogP contribution < -0.4 is 0 Å². The maximum absolute atomic E-state index is 12.7. The second-order valence-electron chi connectivity index (χ2n) is 6.53. The van der Waals surface area contributed by atoms with Gasteiger partial charge in [-0.2, -0.15) is 13.2 Å². The number of thiophene rings is 1. The highest BCUT2D eigenvalue weighted by molar-refractivity contribution is 7.16. The molecule has 3 rings (SSSR count). The Morgan fingerprint density at radius 3 is 2.29 bits per heavy atom. The molecule has 1 fully saturated rings. The van der Waals surface area contributed by atoms with E-state index < -0.39 is 11.7 Å². The number of alkyl halides is 4. The Bertz CT molecular complexity index is 682. The van der Waals surface area contributed by atoms with Gasteiger partial charge in [0.1, 0.15) is 0 Å². The van der Waals surface area contributed by atoms with E-state index in [9.17, 15) is 13.2 Å². The zero-order valence-electron chi connectivity index (χ0n) is 13.5. The molecule has 0 nitrogen and oxygen atoms in total. The summed E-state index contributed by atoms with van der Waals surface area (Å²) in [5.74, 6) is 0.512. The topological polar surface area (TPSA) is 0 Å². The lowest BCUT2D eigenvalue weighted by molar-refractivity contribution is -0.137. The SMILES string of the molecule is Cc1cc(-c2ccc(C(F)(F)F)cc2)sc1C(Cl)C1CCCCC1. The third kappa shape index (κ3) is 3.80. The fourth-order valence-corrected chi connectivity index (χ4v) is 5.19. The van der Waals surface area contributed by atoms with Crippen molar-refractivity contribution in [2.45, 2.75) is 50.6 Å². The zero-order valence-corrected chi connectivity index (χ0v) is 15.1. The fourth-order valence-electron chi connectivity index (χ4n) is 3.38. The Balaban J connectivity index is 1.83. The van der Waals surface area contributed by atoms with Crippen LogP contribution in [0.25, 0.3) is 10.4 Å². The van der Waals surface area contributed by atoms with Gasteiger partial charge >= 0.3 is 6.18 Å². The van der Waals surface area contributed by atoms with Gasteiger partial charge in [-0.3, -0.25) is 0 Å². The van der Waals surface area contributed by atoms with Crippen LogP contribution in [0.4, 0.5) is 13.2 Å². The summed E-state index contributed by atoms with van der Waals surface area (Å²) < 4.78 is 38.1. The molecule has 1 aliphatic rings. The van der Waals surface area contributed by atoms with E-state index in [0.29, 0.717) is 5.92 Å². The van der Waals surface area contributed by atoms with E-state index >= 15 is 0 Å². The molecule has 1 aromatic carbocycles. The number of rotatable bonds is 3. The van der Waals surface area contributed by atoms with Crippen molar-refractivity contribution < 1.29 is 13.2 Å². The molecule has 0 radical (unpaired) electrons. The number of hydrogen-bond donors (Lipinski definition) is 0. The summed E-state index contributed by atoms with van der Waals surface area (Å²) >= 11 is 8.35. The minimum absolute atomic E-state index is 0.0125. The van der Waals surface area contributed by atoms with Gasteiger partial charge in [0.25, 0.3) is 0 Å². The lowest BCUT2D eigenvalue weighted by Gasteiger charge is -2.25. The van der Waals surface area contributed by atoms with E-state index in [1.807, 2.05) is 13.0 Å². The van der Waals surface area contributed by atoms with Gasteiger partial charge in [-0.1, -0.05) is 31.4 Å². The van der Waals surface area contributed by atoms with Crippen LogP contribution >= 0.6 is 22.9 Å². The van der Waals surface area contributed by atoms with Crippen molar-refractivity contribution in [3.63, 3.8) is 0 Å². The molecule has 0 amide bonds. The summed E-state index contributed by atoms with van der Waals surface area (Å²) in [6.07, 6.45) is 1.81. The van der Waals surface area contributed by atoms with Crippen molar-refractivity contribution in [2.24, 2.45) is 5.92 Å². The van der Waals surface area contributed by atoms with Crippen LogP contribution in [0.1, 0.15) is 53.5 Å². The second kappa shape index (κ2) is 7.09. The van der Waals surface area contributed by atoms with Crippen molar-refractivity contribution >= 4 is 22.9 Å². The maximum atomic E-state index is 12.7. The number of halogens is 4. The Hall–Kier alpha value is -1.00. The largest absolute Gasteiger partial charge is 0.416 e. The zero-order chi connectivity index (χ0) is 17.3. The second-order valence-corrected chi connectivity index (χ2v) is 8.09. The number of benzene rings is 1. The molecule has 24 heavy (non-hydrogen) atoms. The Labute approximate surface area is 149 Å². The standard InChI is InChI=1S/C19H20ClF3S/c1-12-11-16(13-7-9-15(10-8-13)19(21,22)23)24-18(12)17(20)14-5-3-2-4-6-14/h7-11,14,17H,2-6H2,1H3. The van der Waals surface area contributed by atoms with Crippen LogP contribution in [-0.4, -0.2) is 0 Å². The monoisotopic (exact) mass is 372 g/mol. The molecule has 1 aliphatic carbocycles. The molecule has 0 bridgehead atoms. The predicted molar refractivity (Wildman–Crippen MR) is 94.7 cm³/mol. The van der Waals surface area contributed by atoms with E-state index in [4.69, 9.17) is 11.6 Å². The first-order chi connectivity index (χ1) is 11.4. The lowest BCUT2D eigenvalue weighted by atomic mass is 9.86. The van der Waals surface area contributed by atoms with Gasteiger partial charge in [-0.15, -0.1) is 22.9 Å². The van der Waals surface area contributed by atoms with Gasteiger partial charge in [0.05, 0.1) is 10.9 Å². The molecule has 1 saturated carbocycles. The van der Waals surface area contributed by atoms with E-state index in [1.54, 1.807) is 23.5 Å². The van der Waals surface area contributed by atoms with Crippen molar-refractivity contribution in [3.8, 4) is 10.4 Å². The first-order valence-electron chi connectivity index (χ1n) is 8.28. The summed E-state index contributed by atoms with van der Waals surface area (Å²) in [6.45, 7) is 2.04. The smallest absolute Gasteiger partial charge is 0.166 e. The lowest BCUT2D eigenvalue weighted by Crippen LogP contribution is -2.11. The van der Waals surface area contributed by atoms with Crippen molar-refractivity contribution in [3.05, 3.63) is 46.3 Å². The highest BCUT2D eigenvalue weighted by Crippen LogP contribution is 2.45. The van der Waals surface area contributed by atoms with Gasteiger partial charge in [0, 0.05) is 9.75 Å². The predicted octanol–water partition coefficient (Wildman–Crippen LogP) is 7.60. The number of hydrogen-bond acceptors (Lipinski definition) is 1. The molecular formula is C19H20ClF3S. The highest BCUT2D eigenvalue weighted by atomic mass is 35.5. The molecule has 0 aliphatic heterocycles. The minimum Gasteiger partial charge on any atom is -0.166 e. The molecule has 130 valence electrons. The first kappa shape index (κ1) is 17.8. The van der Waals surface area contributed by atoms with Gasteiger partial charge in [-0.25, -0.2) is 0 Å². The van der Waals surface area contributed by atoms with E-state index in [1.165, 1.54) is 37.0 Å². The summed E-state index contributed by atoms with van der Waals surface area (Å²) in [5.41, 5.74) is 1.34. The average Bonchev–Trinajstić information content (AvgIpc) is 2.96. The van der Waals surface area contributed by atoms with Crippen LogP contribution in [0, 0.1) is 12.8 Å². The maximum Gasteiger partial charge on any atom is 0.416 e. The van der Waals surface area contributed by atoms with Gasteiger partial charge < -0.3 is 0 Å². The van der Waals surface area contributed by atoms with Gasteiger partial charge in [-0.05, 0) is 55.0 Å². The average molecular weight is 373 g/mol. The Kier molecular flexibility index (Phi) is 5.26. The van der Waals surface area contributed by atoms with Crippen LogP contribution in [0.15, 0.2) is 30.3 Å². The molecule has 2 aromatic rings. The van der Waals surface area contributed by atoms with Gasteiger partial charge in [0.2, 0.25) is 0 Å². The third-order valence-electron chi connectivity index (χ3n) is 4.77. The minimum atomic E-state index is -4.29. The Morgan fingerprint density at radius 1 is 1.08 bits per heavy atom. The van der Waals surface area contributed by atoms with E-state index in [-0.39, 0.29) is 5.38 Å². The van der Waals surface area contributed by atoms with E-state index in [2.05, 4.69) is 0 Å². The summed E-state index contributed by atoms with van der Waals surface area (Å²) in [5, 5.41) is 0.0125. The summed E-state index contributed by atoms with van der Waals surface area (Å²) in [7, 11) is 0. The number of aryl methyl sites for hydroxylation is 1. The van der Waals surface area contributed by atoms with Crippen LogP contribution in [0.3, 0.4) is 0 Å². The molecular weight excluding hydrogens is 353 g/mol. The molecule has 5 heteroatoms. The van der Waals surface area contributed by atoms with Crippen molar-refractivity contribution in [1.82, 2.24) is 0 Å². The van der Waals surface area contributed by atoms with Crippen molar-refractivity contribution in [2.75, 3.05) is 0 Å². The summed E-state index contributed by atoms with van der Waals surface area (Å²) in [4.78, 5) is 2.15. The quantitative estimate of drug-likeness (QED) is 0.486. The fraction of sp³-hybridized carbons (Fsp3) is 0.474. The Morgan fingerprint density at radius 2 is 1.71 bits per heavy atom. The summed E-state index contributed by atoms with van der Waals surface area (Å²) in [6, 6.07) is 7.41.